The molecule has 0 bridgehead atoms. The average molecular weight is 1400 g/mol. The number of aliphatic hydroxyl groups is 2. The quantitative estimate of drug-likeness (QED) is 0.0114. The summed E-state index contributed by atoms with van der Waals surface area (Å²) in [6, 6.07) is 21.1. The highest BCUT2D eigenvalue weighted by atomic mass is 16.3. The topological polar surface area (TPSA) is 397 Å². The molecule has 1 aromatic heterocycles. The molecule has 102 heavy (non-hydrogen) atoms. The molecule has 6 aliphatic rings. The molecule has 0 spiro atoms. The second-order valence-electron chi connectivity index (χ2n) is 29.6. The summed E-state index contributed by atoms with van der Waals surface area (Å²) in [5, 5.41) is 46.8. The summed E-state index contributed by atoms with van der Waals surface area (Å²) in [7, 11) is 0. The van der Waals surface area contributed by atoms with Gasteiger partial charge in [0.25, 0.3) is 23.6 Å². The Hall–Kier alpha value is -9.57. The van der Waals surface area contributed by atoms with Gasteiger partial charge in [0, 0.05) is 35.5 Å². The number of azide groups is 1. The number of amides is 8. The van der Waals surface area contributed by atoms with E-state index in [4.69, 9.17) is 28.5 Å². The van der Waals surface area contributed by atoms with Crippen LogP contribution in [0.15, 0.2) is 96.2 Å². The SMILES string of the molecule is C#CC(C)(C)O.CC(C)(O)c1cn([C@H]2C[C@@H](C(=O)NC3(C(=O)C(N)=O)CCCCC3)N(C(=O)[C@@H](CC3CCCCC3)NC(=O)c3ccc4ccccc4c3)C2)nn1.[N-]=[N+]=N[C@H]1C[C@@H](C(=O)NC2(C(=O)C(N)=O)CCCCC2)N(C(=O)[C@@H](CC2CCCCC2)NC(=O)c2ccc3ccccc3c2)C1. The van der Waals surface area contributed by atoms with E-state index in [-0.39, 0.29) is 69.4 Å². The van der Waals surface area contributed by atoms with Gasteiger partial charge in [-0.25, -0.2) is 4.68 Å². The minimum atomic E-state index is -1.44. The zero-order chi connectivity index (χ0) is 73.5. The van der Waals surface area contributed by atoms with Gasteiger partial charge in [-0.05, 0) is 136 Å². The fourth-order valence-corrected chi connectivity index (χ4v) is 15.4. The van der Waals surface area contributed by atoms with Crippen LogP contribution >= 0.6 is 0 Å². The predicted molar refractivity (Wildman–Crippen MR) is 382 cm³/mol. The van der Waals surface area contributed by atoms with Gasteiger partial charge in [0.2, 0.25) is 35.2 Å². The van der Waals surface area contributed by atoms with Gasteiger partial charge in [0.05, 0.1) is 18.3 Å². The molecule has 4 aliphatic carbocycles. The number of hydrogen-bond acceptors (Lipinski definition) is 15. The molecule has 5 aromatic rings. The number of nitrogens with two attached hydrogens (primary N) is 2. The lowest BCUT2D eigenvalue weighted by atomic mass is 9.78. The van der Waals surface area contributed by atoms with Crippen LogP contribution in [0.3, 0.4) is 0 Å². The van der Waals surface area contributed by atoms with Gasteiger partial charge in [-0.1, -0.05) is 180 Å². The Bertz CT molecular complexity index is 3990. The summed E-state index contributed by atoms with van der Waals surface area (Å²) >= 11 is 0. The number of benzene rings is 4. The molecule has 544 valence electrons. The van der Waals surface area contributed by atoms with Crippen molar-refractivity contribution in [2.24, 2.45) is 28.4 Å². The molecule has 0 radical (unpaired) electrons. The largest absolute Gasteiger partial charge is 0.384 e. The molecule has 6 fully saturated rings. The maximum atomic E-state index is 14.8. The number of fused-ring (bicyclic) bond motifs is 2. The van der Waals surface area contributed by atoms with Gasteiger partial charge in [0.1, 0.15) is 52.1 Å². The number of carbonyl (C=O) groups excluding carboxylic acids is 10. The van der Waals surface area contributed by atoms with E-state index in [0.29, 0.717) is 55.3 Å². The van der Waals surface area contributed by atoms with Crippen molar-refractivity contribution >= 4 is 80.4 Å². The van der Waals surface area contributed by atoms with Crippen LogP contribution in [0, 0.1) is 24.2 Å². The van der Waals surface area contributed by atoms with Crippen LogP contribution in [0.5, 0.6) is 0 Å². The predicted octanol–water partition coefficient (Wildman–Crippen LogP) is 7.90. The standard InChI is InChI=1S/C38H49N7O6.C33H41N7O5.C5H8O/c1-37(2,51)31-23-45(43-42-31)28-21-30(35(49)41-38(32(46)33(39)47)17-9-4-10-18-38)44(22-28)36(50)29(19-24-11-5-3-6-12-24)40-34(48)27-16-15-25-13-7-8-14-26(25)20-27;34-29(42)28(41)33(15-7-2-8-16-33)37-31(44)27-19-25(38-39-35)20-40(27)32(45)26(17-21-9-3-1-4-10-21)36-30(43)24-14-13-22-11-5-6-12-23(22)18-24;1-4-5(2,3)6/h7-8,13-16,20,23-24,28-30,51H,3-6,9-12,17-19,21-22H2,1-2H3,(H2,39,47)(H,40,48)(H,41,49);5-6,11-14,18,21,25-27H,1-4,7-10,15-17,19-20H2,(H2,34,42)(H,36,43)(H,37,44);1,6H,2-3H3/t28-,29+,30-;25-,26+,27-;/m00./s1. The second-order valence-corrected chi connectivity index (χ2v) is 29.6. The van der Waals surface area contributed by atoms with Crippen LogP contribution in [0.2, 0.25) is 0 Å². The number of aromatic nitrogens is 3. The van der Waals surface area contributed by atoms with E-state index >= 15 is 0 Å². The summed E-state index contributed by atoms with van der Waals surface area (Å²) in [6.07, 6.45) is 23.0. The number of likely N-dealkylation sites (tertiary alicyclic amines) is 2. The Morgan fingerprint density at radius 2 is 1.01 bits per heavy atom. The van der Waals surface area contributed by atoms with E-state index in [2.05, 4.69) is 47.5 Å². The lowest BCUT2D eigenvalue weighted by Crippen LogP contribution is -2.62. The first-order chi connectivity index (χ1) is 48.6. The first kappa shape index (κ1) is 76.6. The number of ketones is 2. The summed E-state index contributed by atoms with van der Waals surface area (Å²) in [4.78, 5) is 141. The van der Waals surface area contributed by atoms with Crippen molar-refractivity contribution in [2.75, 3.05) is 13.1 Å². The molecule has 8 amide bonds. The number of Topliss-reactive ketones (excluding diaryl/α,β-unsaturated/α-hetero) is 2. The van der Waals surface area contributed by atoms with Crippen molar-refractivity contribution in [1.29, 1.82) is 0 Å². The molecule has 4 saturated carbocycles. The molecule has 2 aliphatic heterocycles. The Morgan fingerprint density at radius 1 is 0.608 bits per heavy atom. The molecule has 4 aromatic carbocycles. The highest BCUT2D eigenvalue weighted by molar-refractivity contribution is 6.40. The monoisotopic (exact) mass is 1400 g/mol. The highest BCUT2D eigenvalue weighted by Crippen LogP contribution is 2.37. The average Bonchev–Trinajstić information content (AvgIpc) is 1.55. The molecule has 10 N–H and O–H groups in total. The number of primary amides is 2. The maximum Gasteiger partial charge on any atom is 0.287 e. The Kier molecular flexibility index (Phi) is 25.5. The first-order valence-electron chi connectivity index (χ1n) is 36.0. The lowest BCUT2D eigenvalue weighted by Gasteiger charge is -2.38. The van der Waals surface area contributed by atoms with Crippen LogP contribution in [0.4, 0.5) is 0 Å². The number of rotatable bonds is 21. The van der Waals surface area contributed by atoms with Crippen molar-refractivity contribution in [3.05, 3.63) is 118 Å². The molecule has 26 nitrogen and oxygen atoms in total. The van der Waals surface area contributed by atoms with Crippen molar-refractivity contribution in [3.63, 3.8) is 0 Å². The Morgan fingerprint density at radius 3 is 1.40 bits per heavy atom. The summed E-state index contributed by atoms with van der Waals surface area (Å²) in [5.41, 5.74) is 16.1. The molecular formula is C76H98N14O12. The minimum Gasteiger partial charge on any atom is -0.384 e. The number of nitrogens with zero attached hydrogens (tertiary/aromatic N) is 8. The van der Waals surface area contributed by atoms with Gasteiger partial charge in [0.15, 0.2) is 0 Å². The molecule has 11 rings (SSSR count). The van der Waals surface area contributed by atoms with E-state index in [1.54, 1.807) is 62.8 Å². The smallest absolute Gasteiger partial charge is 0.287 e. The van der Waals surface area contributed by atoms with Crippen molar-refractivity contribution < 1.29 is 58.2 Å². The highest BCUT2D eigenvalue weighted by Gasteiger charge is 2.51. The maximum absolute atomic E-state index is 14.8. The zero-order valence-electron chi connectivity index (χ0n) is 59.0. The zero-order valence-corrected chi connectivity index (χ0v) is 59.0. The van der Waals surface area contributed by atoms with Gasteiger partial charge in [-0.15, -0.1) is 11.5 Å². The van der Waals surface area contributed by atoms with Crippen LogP contribution in [0.1, 0.15) is 214 Å². The fraction of sp³-hybridized carbons (Fsp3) is 0.553. The number of terminal acetylenes is 1. The number of hydrogen-bond donors (Lipinski definition) is 8. The fourth-order valence-electron chi connectivity index (χ4n) is 15.4. The van der Waals surface area contributed by atoms with E-state index in [1.165, 1.54) is 9.80 Å². The van der Waals surface area contributed by atoms with Crippen molar-refractivity contribution in [1.82, 2.24) is 46.1 Å². The van der Waals surface area contributed by atoms with E-state index in [0.717, 1.165) is 98.6 Å². The van der Waals surface area contributed by atoms with Gasteiger partial charge in [-0.2, -0.15) is 0 Å². The first-order valence-corrected chi connectivity index (χ1v) is 36.0. The molecule has 26 heteroatoms. The van der Waals surface area contributed by atoms with Gasteiger partial charge in [-0.3, -0.25) is 47.9 Å². The molecular weight excluding hydrogens is 1300 g/mol. The summed E-state index contributed by atoms with van der Waals surface area (Å²) in [5.74, 6) is -4.10. The lowest BCUT2D eigenvalue weighted by molar-refractivity contribution is -0.145. The van der Waals surface area contributed by atoms with Gasteiger partial charge < -0.3 is 52.7 Å². The third-order valence-corrected chi connectivity index (χ3v) is 21.1. The van der Waals surface area contributed by atoms with Crippen LogP contribution < -0.4 is 32.7 Å². The van der Waals surface area contributed by atoms with Crippen molar-refractivity contribution in [3.8, 4) is 12.3 Å². The molecule has 6 atom stereocenters. The number of carbonyl (C=O) groups is 10. The number of nitrogens with one attached hydrogen (secondary N) is 4. The Labute approximate surface area is 594 Å². The van der Waals surface area contributed by atoms with Crippen molar-refractivity contribution in [2.45, 2.75) is 240 Å². The van der Waals surface area contributed by atoms with Crippen LogP contribution in [-0.2, 0) is 44.0 Å². The molecule has 3 heterocycles. The summed E-state index contributed by atoms with van der Waals surface area (Å²) in [6.45, 7) is 6.38. The second kappa shape index (κ2) is 33.9. The Balaban J connectivity index is 0.000000221. The third-order valence-electron chi connectivity index (χ3n) is 21.1. The van der Waals surface area contributed by atoms with Crippen LogP contribution in [0.25, 0.3) is 32.0 Å². The summed E-state index contributed by atoms with van der Waals surface area (Å²) < 4.78 is 1.55. The molecule has 0 unspecified atom stereocenters. The van der Waals surface area contributed by atoms with E-state index in [1.807, 2.05) is 60.7 Å². The normalized spacial score (nSPS) is 21.2. The van der Waals surface area contributed by atoms with E-state index < -0.39 is 111 Å². The minimum absolute atomic E-state index is 0.00917. The van der Waals surface area contributed by atoms with Crippen LogP contribution in [-0.4, -0.2) is 154 Å². The molecule has 2 saturated heterocycles. The van der Waals surface area contributed by atoms with E-state index in [9.17, 15) is 53.1 Å². The third kappa shape index (κ3) is 19.3. The van der Waals surface area contributed by atoms with Gasteiger partial charge >= 0.3 is 0 Å².